The molecule has 0 radical (unpaired) electrons. The van der Waals surface area contributed by atoms with Gasteiger partial charge in [-0.25, -0.2) is 0 Å². The van der Waals surface area contributed by atoms with Gasteiger partial charge in [-0.15, -0.1) is 0 Å². The number of carbonyl (C=O) groups is 1. The molecule has 4 rings (SSSR count). The number of fused-ring (bicyclic) bond motifs is 1. The van der Waals surface area contributed by atoms with Gasteiger partial charge in [0.25, 0.3) is 17.2 Å². The molecule has 7 nitrogen and oxygen atoms in total. The van der Waals surface area contributed by atoms with Crippen LogP contribution in [-0.4, -0.2) is 21.9 Å². The van der Waals surface area contributed by atoms with Crippen molar-refractivity contribution in [3.05, 3.63) is 104 Å². The number of nitrogens with zero attached hydrogens (tertiary/aromatic N) is 3. The lowest BCUT2D eigenvalue weighted by atomic mass is 10.1. The zero-order valence-corrected chi connectivity index (χ0v) is 14.9. The van der Waals surface area contributed by atoms with Crippen molar-refractivity contribution in [2.45, 2.75) is 13.0 Å². The molecule has 0 bridgehead atoms. The average Bonchev–Trinajstić information content (AvgIpc) is 3.13. The fraction of sp³-hybridized carbons (Fsp3) is 0.143. The summed E-state index contributed by atoms with van der Waals surface area (Å²) < 4.78 is 1.40. The molecular formula is C21H17N3O4. The van der Waals surface area contributed by atoms with Crippen LogP contribution in [0, 0.1) is 10.1 Å². The maximum absolute atomic E-state index is 13.0. The SMILES string of the molecule is O=C(c1cccn(Cc2cccc([N+](=O)[O-])c2)c1=O)N1CCc2ccccc21. The topological polar surface area (TPSA) is 85.5 Å². The molecule has 7 heteroatoms. The Morgan fingerprint density at radius 2 is 1.89 bits per heavy atom. The first-order valence-electron chi connectivity index (χ1n) is 8.87. The Morgan fingerprint density at radius 1 is 1.07 bits per heavy atom. The van der Waals surface area contributed by atoms with Gasteiger partial charge in [-0.05, 0) is 35.7 Å². The Balaban J connectivity index is 1.64. The van der Waals surface area contributed by atoms with Gasteiger partial charge in [0.15, 0.2) is 0 Å². The minimum Gasteiger partial charge on any atom is -0.310 e. The second-order valence-electron chi connectivity index (χ2n) is 6.62. The van der Waals surface area contributed by atoms with Crippen LogP contribution in [-0.2, 0) is 13.0 Å². The van der Waals surface area contributed by atoms with Crippen molar-refractivity contribution in [1.29, 1.82) is 0 Å². The maximum atomic E-state index is 13.0. The van der Waals surface area contributed by atoms with E-state index in [1.807, 2.05) is 24.3 Å². The minimum absolute atomic E-state index is 0.0357. The van der Waals surface area contributed by atoms with Crippen molar-refractivity contribution in [2.75, 3.05) is 11.4 Å². The molecule has 0 fully saturated rings. The van der Waals surface area contributed by atoms with E-state index in [1.54, 1.807) is 29.3 Å². The van der Waals surface area contributed by atoms with E-state index in [2.05, 4.69) is 0 Å². The summed E-state index contributed by atoms with van der Waals surface area (Å²) in [4.78, 5) is 38.0. The first-order valence-corrected chi connectivity index (χ1v) is 8.87. The van der Waals surface area contributed by atoms with Gasteiger partial charge in [0.1, 0.15) is 5.56 Å². The van der Waals surface area contributed by atoms with Crippen LogP contribution in [0.3, 0.4) is 0 Å². The molecule has 2 heterocycles. The number of carbonyl (C=O) groups excluding carboxylic acids is 1. The van der Waals surface area contributed by atoms with E-state index >= 15 is 0 Å². The predicted molar refractivity (Wildman–Crippen MR) is 105 cm³/mol. The van der Waals surface area contributed by atoms with Crippen LogP contribution < -0.4 is 10.5 Å². The average molecular weight is 375 g/mol. The lowest BCUT2D eigenvalue weighted by Crippen LogP contribution is -2.35. The van der Waals surface area contributed by atoms with Crippen LogP contribution in [0.25, 0.3) is 0 Å². The molecular weight excluding hydrogens is 358 g/mol. The number of para-hydroxylation sites is 1. The lowest BCUT2D eigenvalue weighted by Gasteiger charge is -2.17. The summed E-state index contributed by atoms with van der Waals surface area (Å²) in [6.45, 7) is 0.690. The van der Waals surface area contributed by atoms with Gasteiger partial charge in [0.2, 0.25) is 0 Å². The van der Waals surface area contributed by atoms with Crippen molar-refractivity contribution >= 4 is 17.3 Å². The molecule has 0 spiro atoms. The fourth-order valence-electron chi connectivity index (χ4n) is 3.48. The summed E-state index contributed by atoms with van der Waals surface area (Å²) in [6.07, 6.45) is 2.34. The van der Waals surface area contributed by atoms with Crippen molar-refractivity contribution in [3.63, 3.8) is 0 Å². The van der Waals surface area contributed by atoms with E-state index in [0.717, 1.165) is 17.7 Å². The number of hydrogen-bond acceptors (Lipinski definition) is 4. The van der Waals surface area contributed by atoms with E-state index in [1.165, 1.54) is 22.8 Å². The number of benzene rings is 2. The maximum Gasteiger partial charge on any atom is 0.269 e. The van der Waals surface area contributed by atoms with E-state index in [-0.39, 0.29) is 23.7 Å². The summed E-state index contributed by atoms with van der Waals surface area (Å²) in [5.41, 5.74) is 2.18. The number of hydrogen-bond donors (Lipinski definition) is 0. The van der Waals surface area contributed by atoms with Gasteiger partial charge >= 0.3 is 0 Å². The number of nitro groups is 1. The largest absolute Gasteiger partial charge is 0.310 e. The van der Waals surface area contributed by atoms with Gasteiger partial charge in [-0.2, -0.15) is 0 Å². The number of nitro benzene ring substituents is 1. The molecule has 0 aliphatic carbocycles. The molecule has 0 saturated carbocycles. The number of amides is 1. The number of aromatic nitrogens is 1. The molecule has 0 unspecified atom stereocenters. The summed E-state index contributed by atoms with van der Waals surface area (Å²) in [5.74, 6) is -0.330. The molecule has 1 aromatic heterocycles. The Morgan fingerprint density at radius 3 is 2.71 bits per heavy atom. The number of non-ortho nitro benzene ring substituents is 1. The van der Waals surface area contributed by atoms with Gasteiger partial charge in [0.05, 0.1) is 11.5 Å². The number of pyridine rings is 1. The van der Waals surface area contributed by atoms with Gasteiger partial charge in [-0.3, -0.25) is 19.7 Å². The van der Waals surface area contributed by atoms with Gasteiger partial charge in [0, 0.05) is 30.6 Å². The molecule has 2 aromatic carbocycles. The van der Waals surface area contributed by atoms with Crippen LogP contribution in [0.1, 0.15) is 21.5 Å². The summed E-state index contributed by atoms with van der Waals surface area (Å²) in [6, 6.07) is 17.0. The normalized spacial score (nSPS) is 12.6. The molecule has 3 aromatic rings. The van der Waals surface area contributed by atoms with E-state index in [0.29, 0.717) is 12.1 Å². The van der Waals surface area contributed by atoms with Crippen molar-refractivity contribution in [3.8, 4) is 0 Å². The number of anilines is 1. The van der Waals surface area contributed by atoms with Crippen LogP contribution in [0.5, 0.6) is 0 Å². The van der Waals surface area contributed by atoms with Crippen molar-refractivity contribution in [1.82, 2.24) is 4.57 Å². The zero-order valence-electron chi connectivity index (χ0n) is 14.9. The molecule has 0 atom stereocenters. The Hall–Kier alpha value is -3.74. The first-order chi connectivity index (χ1) is 13.5. The highest BCUT2D eigenvalue weighted by Gasteiger charge is 2.27. The van der Waals surface area contributed by atoms with Crippen LogP contribution in [0.4, 0.5) is 11.4 Å². The molecule has 0 N–H and O–H groups in total. The highest BCUT2D eigenvalue weighted by atomic mass is 16.6. The number of rotatable bonds is 4. The highest BCUT2D eigenvalue weighted by molar-refractivity contribution is 6.07. The van der Waals surface area contributed by atoms with E-state index in [9.17, 15) is 19.7 Å². The third kappa shape index (κ3) is 3.18. The highest BCUT2D eigenvalue weighted by Crippen LogP contribution is 2.28. The predicted octanol–water partition coefficient (Wildman–Crippen LogP) is 3.01. The van der Waals surface area contributed by atoms with Crippen LogP contribution >= 0.6 is 0 Å². The molecule has 0 saturated heterocycles. The Bertz CT molecular complexity index is 1140. The Kier molecular flexibility index (Phi) is 4.49. The molecule has 28 heavy (non-hydrogen) atoms. The summed E-state index contributed by atoms with van der Waals surface area (Å²) >= 11 is 0. The second kappa shape index (κ2) is 7.11. The third-order valence-corrected chi connectivity index (χ3v) is 4.86. The molecule has 1 aliphatic heterocycles. The van der Waals surface area contributed by atoms with Gasteiger partial charge in [-0.1, -0.05) is 30.3 Å². The quantitative estimate of drug-likeness (QED) is 0.518. The third-order valence-electron chi connectivity index (χ3n) is 4.86. The van der Waals surface area contributed by atoms with Crippen LogP contribution in [0.15, 0.2) is 71.7 Å². The zero-order chi connectivity index (χ0) is 19.7. The summed E-state index contributed by atoms with van der Waals surface area (Å²) in [7, 11) is 0. The van der Waals surface area contributed by atoms with Crippen molar-refractivity contribution < 1.29 is 9.72 Å². The van der Waals surface area contributed by atoms with E-state index < -0.39 is 10.5 Å². The first kappa shape index (κ1) is 17.7. The lowest BCUT2D eigenvalue weighted by molar-refractivity contribution is -0.384. The monoisotopic (exact) mass is 375 g/mol. The standard InChI is InChI=1S/C21H17N3O4/c25-20-18(21(26)23-12-10-16-6-1-2-9-19(16)23)8-4-11-22(20)14-15-5-3-7-17(13-15)24(27)28/h1-9,11,13H,10,12,14H2. The molecule has 1 aliphatic rings. The smallest absolute Gasteiger partial charge is 0.269 e. The second-order valence-corrected chi connectivity index (χ2v) is 6.62. The molecule has 1 amide bonds. The van der Waals surface area contributed by atoms with Gasteiger partial charge < -0.3 is 9.47 Å². The van der Waals surface area contributed by atoms with Crippen LogP contribution in [0.2, 0.25) is 0 Å². The fourth-order valence-corrected chi connectivity index (χ4v) is 3.48. The van der Waals surface area contributed by atoms with E-state index in [4.69, 9.17) is 0 Å². The minimum atomic E-state index is -0.475. The Labute approximate surface area is 160 Å². The summed E-state index contributed by atoms with van der Waals surface area (Å²) in [5, 5.41) is 11.0. The molecule has 140 valence electrons. The van der Waals surface area contributed by atoms with Crippen molar-refractivity contribution in [2.24, 2.45) is 0 Å².